The summed E-state index contributed by atoms with van der Waals surface area (Å²) in [5, 5.41) is 28.3. The molecule has 20 heavy (non-hydrogen) atoms. The van der Waals surface area contributed by atoms with Crippen LogP contribution in [0, 0.1) is 0 Å². The fourth-order valence-corrected chi connectivity index (χ4v) is 1.94. The number of carboxylic acid groups (broad SMARTS) is 1. The molecule has 0 unspecified atom stereocenters. The molecule has 0 bridgehead atoms. The molecule has 0 amide bonds. The predicted octanol–water partition coefficient (Wildman–Crippen LogP) is 2.60. The Labute approximate surface area is 112 Å². The standard InChI is InChI=1S/C14H9NO5/c16-9-5-1-4-8(12(9)17)13-15-11-7(14(18)19)3-2-6-10(11)20-13/h1-6,16-17H,(H,18,19). The Morgan fingerprint density at radius 2 is 1.85 bits per heavy atom. The molecule has 3 rings (SSSR count). The van der Waals surface area contributed by atoms with E-state index in [4.69, 9.17) is 9.52 Å². The highest BCUT2D eigenvalue weighted by atomic mass is 16.4. The Morgan fingerprint density at radius 3 is 2.60 bits per heavy atom. The third-order valence-corrected chi connectivity index (χ3v) is 2.89. The summed E-state index contributed by atoms with van der Waals surface area (Å²) in [6.45, 7) is 0. The molecule has 6 nitrogen and oxygen atoms in total. The van der Waals surface area contributed by atoms with Crippen LogP contribution in [0.5, 0.6) is 11.5 Å². The van der Waals surface area contributed by atoms with Crippen LogP contribution in [-0.4, -0.2) is 26.3 Å². The molecule has 100 valence electrons. The van der Waals surface area contributed by atoms with Gasteiger partial charge in [-0.05, 0) is 24.3 Å². The fraction of sp³-hybridized carbons (Fsp3) is 0. The zero-order valence-corrected chi connectivity index (χ0v) is 10.1. The van der Waals surface area contributed by atoms with Crippen LogP contribution < -0.4 is 0 Å². The summed E-state index contributed by atoms with van der Waals surface area (Å²) in [5.41, 5.74) is 0.690. The van der Waals surface area contributed by atoms with Crippen LogP contribution in [0.25, 0.3) is 22.6 Å². The lowest BCUT2D eigenvalue weighted by atomic mass is 10.2. The van der Waals surface area contributed by atoms with Gasteiger partial charge in [-0.25, -0.2) is 9.78 Å². The van der Waals surface area contributed by atoms with Crippen LogP contribution in [0.1, 0.15) is 10.4 Å². The van der Waals surface area contributed by atoms with Crippen LogP contribution in [0.2, 0.25) is 0 Å². The van der Waals surface area contributed by atoms with Crippen molar-refractivity contribution in [1.82, 2.24) is 4.98 Å². The van der Waals surface area contributed by atoms with Gasteiger partial charge in [0.1, 0.15) is 5.52 Å². The lowest BCUT2D eigenvalue weighted by Crippen LogP contribution is -1.96. The normalized spacial score (nSPS) is 10.8. The first-order chi connectivity index (χ1) is 9.58. The third kappa shape index (κ3) is 1.74. The average molecular weight is 271 g/mol. The summed E-state index contributed by atoms with van der Waals surface area (Å²) in [6, 6.07) is 8.90. The molecule has 0 radical (unpaired) electrons. The Bertz CT molecular complexity index is 822. The Kier molecular flexibility index (Phi) is 2.57. The lowest BCUT2D eigenvalue weighted by Gasteiger charge is -2.01. The zero-order chi connectivity index (χ0) is 14.3. The largest absolute Gasteiger partial charge is 0.504 e. The second kappa shape index (κ2) is 4.27. The molecule has 6 heteroatoms. The number of aromatic nitrogens is 1. The number of phenolic OH excluding ortho intramolecular Hbond substituents is 2. The Hall–Kier alpha value is -3.02. The average Bonchev–Trinajstić information content (AvgIpc) is 2.84. The maximum absolute atomic E-state index is 11.1. The molecule has 0 aliphatic carbocycles. The van der Waals surface area contributed by atoms with Gasteiger partial charge in [0.2, 0.25) is 5.89 Å². The van der Waals surface area contributed by atoms with E-state index in [1.165, 1.54) is 24.3 Å². The molecule has 0 aliphatic rings. The molecule has 3 aromatic rings. The van der Waals surface area contributed by atoms with Crippen molar-refractivity contribution in [3.63, 3.8) is 0 Å². The van der Waals surface area contributed by atoms with Gasteiger partial charge < -0.3 is 19.7 Å². The topological polar surface area (TPSA) is 104 Å². The van der Waals surface area contributed by atoms with Crippen molar-refractivity contribution in [2.75, 3.05) is 0 Å². The highest BCUT2D eigenvalue weighted by molar-refractivity contribution is 6.00. The summed E-state index contributed by atoms with van der Waals surface area (Å²) in [6.07, 6.45) is 0. The maximum atomic E-state index is 11.1. The van der Waals surface area contributed by atoms with Crippen LogP contribution in [0.3, 0.4) is 0 Å². The van der Waals surface area contributed by atoms with E-state index in [0.717, 1.165) is 0 Å². The first-order valence-corrected chi connectivity index (χ1v) is 5.72. The molecule has 0 saturated carbocycles. The molecule has 0 fully saturated rings. The number of benzene rings is 2. The van der Waals surface area contributed by atoms with Crippen molar-refractivity contribution in [2.45, 2.75) is 0 Å². The van der Waals surface area contributed by atoms with Gasteiger partial charge in [-0.3, -0.25) is 0 Å². The molecule has 1 heterocycles. The van der Waals surface area contributed by atoms with Gasteiger partial charge in [0.25, 0.3) is 0 Å². The van der Waals surface area contributed by atoms with E-state index in [0.29, 0.717) is 5.58 Å². The summed E-state index contributed by atoms with van der Waals surface area (Å²) < 4.78 is 5.44. The SMILES string of the molecule is O=C(O)c1cccc2oc(-c3cccc(O)c3O)nc12. The summed E-state index contributed by atoms with van der Waals surface area (Å²) >= 11 is 0. The van der Waals surface area contributed by atoms with E-state index in [9.17, 15) is 15.0 Å². The van der Waals surface area contributed by atoms with E-state index in [2.05, 4.69) is 4.98 Å². The molecular formula is C14H9NO5. The maximum Gasteiger partial charge on any atom is 0.338 e. The van der Waals surface area contributed by atoms with E-state index < -0.39 is 5.97 Å². The molecule has 0 saturated heterocycles. The second-order valence-electron chi connectivity index (χ2n) is 4.15. The van der Waals surface area contributed by atoms with Crippen molar-refractivity contribution in [1.29, 1.82) is 0 Å². The second-order valence-corrected chi connectivity index (χ2v) is 4.15. The number of carboxylic acids is 1. The summed E-state index contributed by atoms with van der Waals surface area (Å²) in [5.74, 6) is -1.74. The van der Waals surface area contributed by atoms with Gasteiger partial charge in [-0.15, -0.1) is 0 Å². The van der Waals surface area contributed by atoms with Crippen molar-refractivity contribution < 1.29 is 24.5 Å². The molecule has 0 aliphatic heterocycles. The minimum absolute atomic E-state index is 0.0112. The van der Waals surface area contributed by atoms with Crippen LogP contribution in [0.15, 0.2) is 40.8 Å². The number of hydrogen-bond acceptors (Lipinski definition) is 5. The van der Waals surface area contributed by atoms with Crippen molar-refractivity contribution in [3.05, 3.63) is 42.0 Å². The van der Waals surface area contributed by atoms with Crippen LogP contribution in [0.4, 0.5) is 0 Å². The number of rotatable bonds is 2. The van der Waals surface area contributed by atoms with Crippen LogP contribution >= 0.6 is 0 Å². The minimum Gasteiger partial charge on any atom is -0.504 e. The number of nitrogens with zero attached hydrogens (tertiary/aromatic N) is 1. The van der Waals surface area contributed by atoms with Gasteiger partial charge in [-0.1, -0.05) is 12.1 Å². The highest BCUT2D eigenvalue weighted by Crippen LogP contribution is 2.37. The van der Waals surface area contributed by atoms with E-state index in [1.807, 2.05) is 0 Å². The van der Waals surface area contributed by atoms with Gasteiger partial charge in [0.05, 0.1) is 11.1 Å². The number of aromatic hydroxyl groups is 2. The van der Waals surface area contributed by atoms with Crippen molar-refractivity contribution in [3.8, 4) is 23.0 Å². The lowest BCUT2D eigenvalue weighted by molar-refractivity contribution is 0.0699. The number of phenols is 2. The number of carbonyl (C=O) groups is 1. The quantitative estimate of drug-likeness (QED) is 0.619. The van der Waals surface area contributed by atoms with Gasteiger partial charge in [-0.2, -0.15) is 0 Å². The number of para-hydroxylation sites is 2. The predicted molar refractivity (Wildman–Crippen MR) is 69.7 cm³/mol. The van der Waals surface area contributed by atoms with Crippen molar-refractivity contribution >= 4 is 17.1 Å². The minimum atomic E-state index is -1.12. The molecule has 2 aromatic carbocycles. The number of oxazole rings is 1. The smallest absolute Gasteiger partial charge is 0.338 e. The van der Waals surface area contributed by atoms with Crippen molar-refractivity contribution in [2.24, 2.45) is 0 Å². The fourth-order valence-electron chi connectivity index (χ4n) is 1.94. The van der Waals surface area contributed by atoms with E-state index >= 15 is 0 Å². The Morgan fingerprint density at radius 1 is 1.10 bits per heavy atom. The molecule has 0 atom stereocenters. The first-order valence-electron chi connectivity index (χ1n) is 5.72. The summed E-state index contributed by atoms with van der Waals surface area (Å²) in [7, 11) is 0. The summed E-state index contributed by atoms with van der Waals surface area (Å²) in [4.78, 5) is 15.2. The van der Waals surface area contributed by atoms with E-state index in [1.54, 1.807) is 12.1 Å². The Balaban J connectivity index is 2.26. The monoisotopic (exact) mass is 271 g/mol. The third-order valence-electron chi connectivity index (χ3n) is 2.89. The number of hydrogen-bond donors (Lipinski definition) is 3. The molecule has 3 N–H and O–H groups in total. The van der Waals surface area contributed by atoms with Gasteiger partial charge >= 0.3 is 5.97 Å². The zero-order valence-electron chi connectivity index (χ0n) is 10.1. The molecular weight excluding hydrogens is 262 g/mol. The molecule has 0 spiro atoms. The van der Waals surface area contributed by atoms with Crippen LogP contribution in [-0.2, 0) is 0 Å². The number of fused-ring (bicyclic) bond motifs is 1. The first kappa shape index (κ1) is 12.0. The van der Waals surface area contributed by atoms with Gasteiger partial charge in [0.15, 0.2) is 17.1 Å². The van der Waals surface area contributed by atoms with Gasteiger partial charge in [0, 0.05) is 0 Å². The highest BCUT2D eigenvalue weighted by Gasteiger charge is 2.18. The van der Waals surface area contributed by atoms with E-state index in [-0.39, 0.29) is 34.0 Å². The molecule has 1 aromatic heterocycles. The number of aromatic carboxylic acids is 1.